The number of rotatable bonds is 5. The van der Waals surface area contributed by atoms with Crippen molar-refractivity contribution in [3.05, 3.63) is 33.9 Å². The van der Waals surface area contributed by atoms with Gasteiger partial charge in [0.15, 0.2) is 0 Å². The number of primary amides is 1. The fraction of sp³-hybridized carbons (Fsp3) is 0.364. The highest BCUT2D eigenvalue weighted by molar-refractivity contribution is 5.94. The Kier molecular flexibility index (Phi) is 4.22. The molecule has 0 aromatic heterocycles. The lowest BCUT2D eigenvalue weighted by atomic mass is 10.1. The van der Waals surface area contributed by atoms with Gasteiger partial charge in [-0.05, 0) is 19.1 Å². The van der Waals surface area contributed by atoms with Crippen molar-refractivity contribution in [3.63, 3.8) is 0 Å². The molecule has 0 saturated heterocycles. The molecule has 18 heavy (non-hydrogen) atoms. The molecule has 3 N–H and O–H groups in total. The highest BCUT2D eigenvalue weighted by Crippen LogP contribution is 2.28. The number of carbonyl (C=O) groups excluding carboxylic acids is 1. The lowest BCUT2D eigenvalue weighted by Crippen LogP contribution is -2.27. The quantitative estimate of drug-likeness (QED) is 0.587. The second-order valence-corrected chi connectivity index (χ2v) is 4.05. The van der Waals surface area contributed by atoms with Crippen molar-refractivity contribution in [1.29, 1.82) is 0 Å². The van der Waals surface area contributed by atoms with Gasteiger partial charge < -0.3 is 15.7 Å². The molecule has 1 unspecified atom stereocenters. The highest BCUT2D eigenvalue weighted by atomic mass is 16.6. The van der Waals surface area contributed by atoms with Crippen molar-refractivity contribution in [2.24, 2.45) is 5.73 Å². The van der Waals surface area contributed by atoms with Gasteiger partial charge in [0.05, 0.1) is 11.0 Å². The van der Waals surface area contributed by atoms with E-state index in [2.05, 4.69) is 0 Å². The number of hydrogen-bond acceptors (Lipinski definition) is 5. The molecule has 0 radical (unpaired) electrons. The van der Waals surface area contributed by atoms with Gasteiger partial charge in [-0.3, -0.25) is 14.9 Å². The summed E-state index contributed by atoms with van der Waals surface area (Å²) >= 11 is 0. The number of benzene rings is 1. The van der Waals surface area contributed by atoms with Gasteiger partial charge in [0.25, 0.3) is 5.69 Å². The van der Waals surface area contributed by atoms with Crippen molar-refractivity contribution >= 4 is 17.3 Å². The number of hydrogen-bond donors (Lipinski definition) is 2. The van der Waals surface area contributed by atoms with E-state index in [0.717, 1.165) is 6.07 Å². The molecule has 1 amide bonds. The second kappa shape index (κ2) is 5.46. The Morgan fingerprint density at radius 2 is 2.22 bits per heavy atom. The zero-order valence-electron chi connectivity index (χ0n) is 10.2. The largest absolute Gasteiger partial charge is 0.392 e. The zero-order valence-corrected chi connectivity index (χ0v) is 10.2. The van der Waals surface area contributed by atoms with Crippen molar-refractivity contribution in [2.75, 3.05) is 18.5 Å². The molecule has 98 valence electrons. The van der Waals surface area contributed by atoms with Crippen LogP contribution in [0, 0.1) is 10.1 Å². The summed E-state index contributed by atoms with van der Waals surface area (Å²) in [6, 6.07) is 4.00. The van der Waals surface area contributed by atoms with Crippen molar-refractivity contribution in [3.8, 4) is 0 Å². The number of anilines is 1. The van der Waals surface area contributed by atoms with Crippen LogP contribution in [0.25, 0.3) is 0 Å². The van der Waals surface area contributed by atoms with Crippen LogP contribution in [0.5, 0.6) is 0 Å². The first-order chi connectivity index (χ1) is 8.32. The number of nitrogens with two attached hydrogens (primary N) is 1. The summed E-state index contributed by atoms with van der Waals surface area (Å²) in [6.45, 7) is 1.83. The molecular formula is C11H15N3O4. The third kappa shape index (κ3) is 3.17. The molecule has 0 aliphatic rings. The first kappa shape index (κ1) is 13.9. The molecule has 1 rings (SSSR count). The number of nitrogens with zero attached hydrogens (tertiary/aromatic N) is 2. The zero-order chi connectivity index (χ0) is 13.9. The second-order valence-electron chi connectivity index (χ2n) is 4.05. The molecule has 1 atom stereocenters. The first-order valence-corrected chi connectivity index (χ1v) is 5.30. The summed E-state index contributed by atoms with van der Waals surface area (Å²) < 4.78 is 0. The van der Waals surface area contributed by atoms with Gasteiger partial charge in [-0.25, -0.2) is 0 Å². The van der Waals surface area contributed by atoms with Gasteiger partial charge in [-0.2, -0.15) is 0 Å². The summed E-state index contributed by atoms with van der Waals surface area (Å²) in [7, 11) is 1.62. The van der Waals surface area contributed by atoms with Crippen LogP contribution in [0.4, 0.5) is 11.4 Å². The van der Waals surface area contributed by atoms with Gasteiger partial charge in [0, 0.05) is 25.2 Å². The standard InChI is InChI=1S/C11H15N3O4/c1-7(15)6-13(2)9-4-3-8(11(12)16)5-10(9)14(17)18/h3-5,7,15H,6H2,1-2H3,(H2,12,16). The van der Waals surface area contributed by atoms with Crippen LogP contribution in [0.3, 0.4) is 0 Å². The van der Waals surface area contributed by atoms with E-state index >= 15 is 0 Å². The topological polar surface area (TPSA) is 110 Å². The fourth-order valence-corrected chi connectivity index (χ4v) is 1.64. The molecule has 7 nitrogen and oxygen atoms in total. The van der Waals surface area contributed by atoms with E-state index in [1.54, 1.807) is 18.9 Å². The summed E-state index contributed by atoms with van der Waals surface area (Å²) in [5.74, 6) is -0.720. The molecule has 0 fully saturated rings. The van der Waals surface area contributed by atoms with E-state index in [4.69, 9.17) is 5.73 Å². The van der Waals surface area contributed by atoms with E-state index in [1.807, 2.05) is 0 Å². The Labute approximate surface area is 104 Å². The molecule has 0 spiro atoms. The number of carbonyl (C=O) groups is 1. The molecule has 0 aliphatic heterocycles. The van der Waals surface area contributed by atoms with Crippen LogP contribution in [-0.2, 0) is 0 Å². The maximum Gasteiger partial charge on any atom is 0.293 e. The van der Waals surface area contributed by atoms with Gasteiger partial charge in [0.2, 0.25) is 5.91 Å². The lowest BCUT2D eigenvalue weighted by Gasteiger charge is -2.20. The third-order valence-corrected chi connectivity index (χ3v) is 2.41. The van der Waals surface area contributed by atoms with Crippen molar-refractivity contribution in [1.82, 2.24) is 0 Å². The molecule has 0 heterocycles. The van der Waals surface area contributed by atoms with Crippen molar-refractivity contribution < 1.29 is 14.8 Å². The molecule has 0 saturated carbocycles. The van der Waals surface area contributed by atoms with Crippen LogP contribution < -0.4 is 10.6 Å². The van der Waals surface area contributed by atoms with E-state index in [1.165, 1.54) is 12.1 Å². The van der Waals surface area contributed by atoms with Crippen LogP contribution >= 0.6 is 0 Å². The Hall–Kier alpha value is -2.15. The normalized spacial score (nSPS) is 11.9. The molecule has 0 bridgehead atoms. The predicted molar refractivity (Wildman–Crippen MR) is 66.6 cm³/mol. The number of aliphatic hydroxyl groups excluding tert-OH is 1. The predicted octanol–water partition coefficient (Wildman–Crippen LogP) is 0.511. The summed E-state index contributed by atoms with van der Waals surface area (Å²) in [5, 5.41) is 20.2. The number of nitro groups is 1. The fourth-order valence-electron chi connectivity index (χ4n) is 1.64. The minimum atomic E-state index is -0.720. The van der Waals surface area contributed by atoms with Gasteiger partial charge >= 0.3 is 0 Å². The van der Waals surface area contributed by atoms with Gasteiger partial charge in [0.1, 0.15) is 5.69 Å². The third-order valence-electron chi connectivity index (χ3n) is 2.41. The van der Waals surface area contributed by atoms with E-state index in [0.29, 0.717) is 5.69 Å². The Bertz CT molecular complexity index is 473. The lowest BCUT2D eigenvalue weighted by molar-refractivity contribution is -0.384. The average Bonchev–Trinajstić information content (AvgIpc) is 2.26. The smallest absolute Gasteiger partial charge is 0.293 e. The van der Waals surface area contributed by atoms with E-state index in [9.17, 15) is 20.0 Å². The number of likely N-dealkylation sites (N-methyl/N-ethyl adjacent to an activating group) is 1. The highest BCUT2D eigenvalue weighted by Gasteiger charge is 2.19. The van der Waals surface area contributed by atoms with E-state index in [-0.39, 0.29) is 17.8 Å². The van der Waals surface area contributed by atoms with Crippen LogP contribution in [0.15, 0.2) is 18.2 Å². The van der Waals surface area contributed by atoms with Crippen LogP contribution in [0.1, 0.15) is 17.3 Å². The van der Waals surface area contributed by atoms with E-state index < -0.39 is 16.9 Å². The number of amides is 1. The van der Waals surface area contributed by atoms with Crippen LogP contribution in [-0.4, -0.2) is 35.6 Å². The Balaban J connectivity index is 3.19. The molecule has 1 aromatic carbocycles. The number of aliphatic hydroxyl groups is 1. The maximum absolute atomic E-state index is 11.0. The van der Waals surface area contributed by atoms with Crippen LogP contribution in [0.2, 0.25) is 0 Å². The average molecular weight is 253 g/mol. The maximum atomic E-state index is 11.0. The molecule has 7 heteroatoms. The number of nitro benzene ring substituents is 1. The summed E-state index contributed by atoms with van der Waals surface area (Å²) in [4.78, 5) is 22.9. The SMILES string of the molecule is CC(O)CN(C)c1ccc(C(N)=O)cc1[N+](=O)[O-]. The van der Waals surface area contributed by atoms with Crippen molar-refractivity contribution in [2.45, 2.75) is 13.0 Å². The van der Waals surface area contributed by atoms with Gasteiger partial charge in [-0.15, -0.1) is 0 Å². The Morgan fingerprint density at radius 1 is 1.61 bits per heavy atom. The molecular weight excluding hydrogens is 238 g/mol. The molecule has 1 aromatic rings. The summed E-state index contributed by atoms with van der Waals surface area (Å²) in [5.41, 5.74) is 5.27. The first-order valence-electron chi connectivity index (χ1n) is 5.30. The monoisotopic (exact) mass is 253 g/mol. The minimum Gasteiger partial charge on any atom is -0.392 e. The summed E-state index contributed by atoms with van der Waals surface area (Å²) in [6.07, 6.45) is -0.620. The minimum absolute atomic E-state index is 0.0795. The van der Waals surface area contributed by atoms with Gasteiger partial charge in [-0.1, -0.05) is 0 Å². The Morgan fingerprint density at radius 3 is 2.67 bits per heavy atom. The molecule has 0 aliphatic carbocycles.